The Hall–Kier alpha value is -2.36. The van der Waals surface area contributed by atoms with Gasteiger partial charge in [0.1, 0.15) is 0 Å². The van der Waals surface area contributed by atoms with E-state index >= 15 is 0 Å². The van der Waals surface area contributed by atoms with Gasteiger partial charge < -0.3 is 9.30 Å². The predicted octanol–water partition coefficient (Wildman–Crippen LogP) is 3.14. The van der Waals surface area contributed by atoms with Gasteiger partial charge in [0.2, 0.25) is 0 Å². The molecule has 0 radical (unpaired) electrons. The second-order valence-electron chi connectivity index (χ2n) is 4.88. The Morgan fingerprint density at radius 2 is 1.90 bits per heavy atom. The molecule has 0 atom stereocenters. The number of rotatable bonds is 5. The van der Waals surface area contributed by atoms with Gasteiger partial charge in [-0.1, -0.05) is 30.3 Å². The molecular formula is C17H19NO3. The largest absolute Gasteiger partial charge is 0.462 e. The Kier molecular flexibility index (Phi) is 4.58. The van der Waals surface area contributed by atoms with Crippen molar-refractivity contribution in [3.8, 4) is 0 Å². The van der Waals surface area contributed by atoms with Crippen LogP contribution in [0.2, 0.25) is 0 Å². The first-order valence-electron chi connectivity index (χ1n) is 6.96. The summed E-state index contributed by atoms with van der Waals surface area (Å²) in [5.41, 5.74) is 3.54. The summed E-state index contributed by atoms with van der Waals surface area (Å²) in [6.07, 6.45) is 0.800. The number of esters is 1. The van der Waals surface area contributed by atoms with Crippen molar-refractivity contribution in [2.45, 2.75) is 27.3 Å². The van der Waals surface area contributed by atoms with Gasteiger partial charge in [0.15, 0.2) is 6.29 Å². The third-order valence-electron chi connectivity index (χ3n) is 3.59. The van der Waals surface area contributed by atoms with Crippen molar-refractivity contribution in [2.75, 3.05) is 6.61 Å². The summed E-state index contributed by atoms with van der Waals surface area (Å²) in [4.78, 5) is 23.5. The van der Waals surface area contributed by atoms with Crippen LogP contribution in [0.5, 0.6) is 0 Å². The zero-order valence-electron chi connectivity index (χ0n) is 12.6. The summed E-state index contributed by atoms with van der Waals surface area (Å²) in [5, 5.41) is 0. The van der Waals surface area contributed by atoms with Gasteiger partial charge in [-0.25, -0.2) is 4.79 Å². The van der Waals surface area contributed by atoms with Crippen LogP contribution < -0.4 is 0 Å². The molecule has 1 aromatic carbocycles. The molecule has 1 aromatic heterocycles. The molecule has 0 aliphatic heterocycles. The highest BCUT2D eigenvalue weighted by Gasteiger charge is 2.23. The van der Waals surface area contributed by atoms with E-state index in [1.165, 1.54) is 0 Å². The standard InChI is InChI=1S/C17H19NO3/c1-4-21-17(20)16-12(2)15(11-19)18(13(16)3)10-14-8-6-5-7-9-14/h5-9,11H,4,10H2,1-3H3. The molecule has 0 spiro atoms. The molecule has 0 N–H and O–H groups in total. The van der Waals surface area contributed by atoms with Crippen LogP contribution in [0, 0.1) is 13.8 Å². The number of benzene rings is 1. The van der Waals surface area contributed by atoms with Crippen molar-refractivity contribution < 1.29 is 14.3 Å². The molecule has 0 saturated carbocycles. The van der Waals surface area contributed by atoms with Crippen molar-refractivity contribution in [2.24, 2.45) is 0 Å². The van der Waals surface area contributed by atoms with Crippen molar-refractivity contribution in [1.82, 2.24) is 4.57 Å². The van der Waals surface area contributed by atoms with Gasteiger partial charge >= 0.3 is 5.97 Å². The molecule has 4 heteroatoms. The molecule has 0 aliphatic rings. The van der Waals surface area contributed by atoms with E-state index in [9.17, 15) is 9.59 Å². The fraction of sp³-hybridized carbons (Fsp3) is 0.294. The smallest absolute Gasteiger partial charge is 0.340 e. The summed E-state index contributed by atoms with van der Waals surface area (Å²) < 4.78 is 6.95. The number of carbonyl (C=O) groups is 2. The minimum atomic E-state index is -0.373. The Morgan fingerprint density at radius 3 is 2.48 bits per heavy atom. The molecule has 0 unspecified atom stereocenters. The summed E-state index contributed by atoms with van der Waals surface area (Å²) in [5.74, 6) is -0.373. The van der Waals surface area contributed by atoms with Crippen molar-refractivity contribution >= 4 is 12.3 Å². The zero-order valence-corrected chi connectivity index (χ0v) is 12.6. The van der Waals surface area contributed by atoms with E-state index < -0.39 is 0 Å². The molecule has 110 valence electrons. The first-order valence-corrected chi connectivity index (χ1v) is 6.96. The number of nitrogens with zero attached hydrogens (tertiary/aromatic N) is 1. The van der Waals surface area contributed by atoms with E-state index in [2.05, 4.69) is 0 Å². The highest BCUT2D eigenvalue weighted by atomic mass is 16.5. The number of aldehydes is 1. The van der Waals surface area contributed by atoms with Gasteiger partial charge in [0.25, 0.3) is 0 Å². The maximum absolute atomic E-state index is 12.1. The van der Waals surface area contributed by atoms with E-state index in [1.54, 1.807) is 13.8 Å². The second-order valence-corrected chi connectivity index (χ2v) is 4.88. The summed E-state index contributed by atoms with van der Waals surface area (Å²) in [6.45, 7) is 6.27. The van der Waals surface area contributed by atoms with Crippen molar-refractivity contribution in [1.29, 1.82) is 0 Å². The van der Waals surface area contributed by atoms with Crippen molar-refractivity contribution in [3.63, 3.8) is 0 Å². The van der Waals surface area contributed by atoms with Crippen LogP contribution >= 0.6 is 0 Å². The van der Waals surface area contributed by atoms with Crippen LogP contribution in [-0.4, -0.2) is 23.4 Å². The average Bonchev–Trinajstić information content (AvgIpc) is 2.71. The van der Waals surface area contributed by atoms with Gasteiger partial charge in [-0.3, -0.25) is 4.79 Å². The molecule has 2 rings (SSSR count). The SMILES string of the molecule is CCOC(=O)c1c(C)c(C=O)n(Cc2ccccc2)c1C. The van der Waals surface area contributed by atoms with Gasteiger partial charge in [0.05, 0.1) is 17.9 Å². The highest BCUT2D eigenvalue weighted by Crippen LogP contribution is 2.23. The van der Waals surface area contributed by atoms with E-state index in [1.807, 2.05) is 41.8 Å². The molecule has 0 saturated heterocycles. The lowest BCUT2D eigenvalue weighted by atomic mass is 10.1. The molecule has 0 aliphatic carbocycles. The lowest BCUT2D eigenvalue weighted by Gasteiger charge is -2.09. The van der Waals surface area contributed by atoms with Gasteiger partial charge in [-0.05, 0) is 31.9 Å². The number of aromatic nitrogens is 1. The third kappa shape index (κ3) is 2.89. The number of carbonyl (C=O) groups excluding carboxylic acids is 2. The number of hydrogen-bond acceptors (Lipinski definition) is 3. The summed E-state index contributed by atoms with van der Waals surface area (Å²) >= 11 is 0. The molecule has 4 nitrogen and oxygen atoms in total. The molecule has 0 bridgehead atoms. The van der Waals surface area contributed by atoms with Gasteiger partial charge in [0, 0.05) is 12.2 Å². The molecule has 1 heterocycles. The maximum Gasteiger partial charge on any atom is 0.340 e. The number of ether oxygens (including phenoxy) is 1. The minimum absolute atomic E-state index is 0.317. The lowest BCUT2D eigenvalue weighted by molar-refractivity contribution is 0.0524. The second kappa shape index (κ2) is 6.39. The van der Waals surface area contributed by atoms with E-state index in [0.717, 1.165) is 17.5 Å². The topological polar surface area (TPSA) is 48.3 Å². The normalized spacial score (nSPS) is 10.4. The Balaban J connectivity index is 2.48. The first-order chi connectivity index (χ1) is 10.1. The number of hydrogen-bond donors (Lipinski definition) is 0. The van der Waals surface area contributed by atoms with E-state index in [-0.39, 0.29) is 5.97 Å². The summed E-state index contributed by atoms with van der Waals surface area (Å²) in [7, 11) is 0. The van der Waals surface area contributed by atoms with Crippen LogP contribution in [0.1, 0.15) is 44.6 Å². The van der Waals surface area contributed by atoms with Crippen LogP contribution in [0.15, 0.2) is 30.3 Å². The molecule has 0 amide bonds. The van der Waals surface area contributed by atoms with E-state index in [0.29, 0.717) is 30.0 Å². The molecule has 2 aromatic rings. The predicted molar refractivity (Wildman–Crippen MR) is 80.8 cm³/mol. The highest BCUT2D eigenvalue weighted by molar-refractivity contribution is 5.95. The maximum atomic E-state index is 12.1. The monoisotopic (exact) mass is 285 g/mol. The minimum Gasteiger partial charge on any atom is -0.462 e. The fourth-order valence-electron chi connectivity index (χ4n) is 2.54. The van der Waals surface area contributed by atoms with Crippen LogP contribution in [-0.2, 0) is 11.3 Å². The van der Waals surface area contributed by atoms with Crippen LogP contribution in [0.25, 0.3) is 0 Å². The molecule has 0 fully saturated rings. The summed E-state index contributed by atoms with van der Waals surface area (Å²) in [6, 6.07) is 9.84. The Bertz CT molecular complexity index is 656. The third-order valence-corrected chi connectivity index (χ3v) is 3.59. The first kappa shape index (κ1) is 15.0. The lowest BCUT2D eigenvalue weighted by Crippen LogP contribution is -2.09. The Morgan fingerprint density at radius 1 is 1.24 bits per heavy atom. The van der Waals surface area contributed by atoms with Crippen LogP contribution in [0.4, 0.5) is 0 Å². The quantitative estimate of drug-likeness (QED) is 0.626. The van der Waals surface area contributed by atoms with Gasteiger partial charge in [-0.15, -0.1) is 0 Å². The fourth-order valence-corrected chi connectivity index (χ4v) is 2.54. The van der Waals surface area contributed by atoms with Crippen molar-refractivity contribution in [3.05, 3.63) is 58.4 Å². The average molecular weight is 285 g/mol. The van der Waals surface area contributed by atoms with Crippen LogP contribution in [0.3, 0.4) is 0 Å². The molecular weight excluding hydrogens is 266 g/mol. The van der Waals surface area contributed by atoms with E-state index in [4.69, 9.17) is 4.74 Å². The van der Waals surface area contributed by atoms with Gasteiger partial charge in [-0.2, -0.15) is 0 Å². The zero-order chi connectivity index (χ0) is 15.4. The Labute approximate surface area is 124 Å². The molecule has 21 heavy (non-hydrogen) atoms.